The van der Waals surface area contributed by atoms with Crippen molar-refractivity contribution in [1.82, 2.24) is 15.0 Å². The average Bonchev–Trinajstić information content (AvgIpc) is 2.72. The highest BCUT2D eigenvalue weighted by atomic mass is 15.0. The Bertz CT molecular complexity index is 822. The van der Waals surface area contributed by atoms with Crippen LogP contribution in [-0.2, 0) is 12.8 Å². The number of nitrogens with zero attached hydrogens (tertiary/aromatic N) is 3. The van der Waals surface area contributed by atoms with Crippen LogP contribution in [-0.4, -0.2) is 35.1 Å². The summed E-state index contributed by atoms with van der Waals surface area (Å²) in [5.74, 6) is 2.72. The molecule has 0 radical (unpaired) electrons. The predicted octanol–water partition coefficient (Wildman–Crippen LogP) is 3.61. The summed E-state index contributed by atoms with van der Waals surface area (Å²) in [5, 5.41) is 9.78. The van der Waals surface area contributed by atoms with E-state index in [0.29, 0.717) is 0 Å². The van der Waals surface area contributed by atoms with Gasteiger partial charge in [-0.05, 0) is 49.2 Å². The van der Waals surface area contributed by atoms with Gasteiger partial charge in [-0.1, -0.05) is 18.2 Å². The highest BCUT2D eigenvalue weighted by Gasteiger charge is 2.00. The van der Waals surface area contributed by atoms with E-state index in [-0.39, 0.29) is 0 Å². The molecule has 27 heavy (non-hydrogen) atoms. The summed E-state index contributed by atoms with van der Waals surface area (Å²) in [4.78, 5) is 13.5. The second-order valence-electron chi connectivity index (χ2n) is 6.20. The molecule has 0 atom stereocenters. The maximum atomic E-state index is 4.69. The van der Waals surface area contributed by atoms with Crippen LogP contribution >= 0.6 is 0 Å². The third-order valence-electron chi connectivity index (χ3n) is 4.14. The Balaban J connectivity index is 1.41. The van der Waals surface area contributed by atoms with Gasteiger partial charge in [0.15, 0.2) is 0 Å². The van der Waals surface area contributed by atoms with Crippen molar-refractivity contribution in [3.63, 3.8) is 0 Å². The average molecular weight is 362 g/mol. The topological polar surface area (TPSA) is 74.8 Å². The number of hydrogen-bond acceptors (Lipinski definition) is 6. The van der Waals surface area contributed by atoms with Crippen LogP contribution in [0.4, 0.5) is 17.5 Å². The zero-order valence-electron chi connectivity index (χ0n) is 15.7. The number of rotatable bonds is 10. The first-order valence-electron chi connectivity index (χ1n) is 9.32. The van der Waals surface area contributed by atoms with Gasteiger partial charge in [-0.2, -0.15) is 0 Å². The number of aromatic nitrogens is 3. The predicted molar refractivity (Wildman–Crippen MR) is 111 cm³/mol. The molecule has 0 aliphatic heterocycles. The van der Waals surface area contributed by atoms with Crippen LogP contribution < -0.4 is 16.0 Å². The van der Waals surface area contributed by atoms with Gasteiger partial charge in [0, 0.05) is 44.1 Å². The lowest BCUT2D eigenvalue weighted by Gasteiger charge is -2.09. The molecule has 140 valence electrons. The van der Waals surface area contributed by atoms with Crippen LogP contribution in [0.2, 0.25) is 0 Å². The summed E-state index contributed by atoms with van der Waals surface area (Å²) in [5.41, 5.74) is 2.16. The number of nitrogens with one attached hydrogen (secondary N) is 3. The van der Waals surface area contributed by atoms with E-state index in [9.17, 15) is 0 Å². The minimum Gasteiger partial charge on any atom is -0.373 e. The van der Waals surface area contributed by atoms with Gasteiger partial charge in [-0.25, -0.2) is 15.0 Å². The molecule has 0 unspecified atom stereocenters. The van der Waals surface area contributed by atoms with E-state index in [2.05, 4.69) is 38.1 Å². The highest BCUT2D eigenvalue weighted by molar-refractivity contribution is 5.37. The number of aryl methyl sites for hydroxylation is 1. The SMILES string of the molecule is CNc1cccc(CCNc2cccc(CCCNc3ccccn3)n2)n1. The quantitative estimate of drug-likeness (QED) is 0.479. The number of hydrogen-bond donors (Lipinski definition) is 3. The Hall–Kier alpha value is -3.15. The van der Waals surface area contributed by atoms with Crippen molar-refractivity contribution >= 4 is 17.5 Å². The van der Waals surface area contributed by atoms with Gasteiger partial charge >= 0.3 is 0 Å². The fourth-order valence-electron chi connectivity index (χ4n) is 2.75. The van der Waals surface area contributed by atoms with E-state index in [4.69, 9.17) is 4.98 Å². The first-order valence-corrected chi connectivity index (χ1v) is 9.32. The lowest BCUT2D eigenvalue weighted by Crippen LogP contribution is -2.09. The molecule has 0 fully saturated rings. The Kier molecular flexibility index (Phi) is 6.98. The van der Waals surface area contributed by atoms with Crippen molar-refractivity contribution in [2.75, 3.05) is 36.1 Å². The van der Waals surface area contributed by atoms with Crippen molar-refractivity contribution in [3.05, 3.63) is 72.2 Å². The zero-order chi connectivity index (χ0) is 18.7. The monoisotopic (exact) mass is 362 g/mol. The Morgan fingerprint density at radius 2 is 1.41 bits per heavy atom. The molecule has 0 aliphatic carbocycles. The Labute approximate surface area is 160 Å². The van der Waals surface area contributed by atoms with Crippen LogP contribution in [0.1, 0.15) is 17.8 Å². The summed E-state index contributed by atoms with van der Waals surface area (Å²) < 4.78 is 0. The second kappa shape index (κ2) is 10.1. The van der Waals surface area contributed by atoms with Crippen LogP contribution in [0.3, 0.4) is 0 Å². The van der Waals surface area contributed by atoms with Crippen molar-refractivity contribution in [2.45, 2.75) is 19.3 Å². The molecular weight excluding hydrogens is 336 g/mol. The second-order valence-corrected chi connectivity index (χ2v) is 6.20. The molecule has 3 aromatic rings. The lowest BCUT2D eigenvalue weighted by molar-refractivity contribution is 0.832. The molecule has 0 spiro atoms. The third-order valence-corrected chi connectivity index (χ3v) is 4.14. The van der Waals surface area contributed by atoms with Gasteiger partial charge in [0.25, 0.3) is 0 Å². The maximum absolute atomic E-state index is 4.69. The maximum Gasteiger partial charge on any atom is 0.126 e. The zero-order valence-corrected chi connectivity index (χ0v) is 15.7. The highest BCUT2D eigenvalue weighted by Crippen LogP contribution is 2.09. The van der Waals surface area contributed by atoms with Gasteiger partial charge in [0.2, 0.25) is 0 Å². The van der Waals surface area contributed by atoms with E-state index in [0.717, 1.165) is 61.2 Å². The molecule has 6 nitrogen and oxygen atoms in total. The summed E-state index contributed by atoms with van der Waals surface area (Å²) in [7, 11) is 1.88. The molecule has 0 aromatic carbocycles. The van der Waals surface area contributed by atoms with Gasteiger partial charge < -0.3 is 16.0 Å². The fraction of sp³-hybridized carbons (Fsp3) is 0.286. The molecule has 3 heterocycles. The summed E-state index contributed by atoms with van der Waals surface area (Å²) in [6, 6.07) is 18.0. The van der Waals surface area contributed by atoms with Crippen LogP contribution in [0.25, 0.3) is 0 Å². The molecule has 3 aromatic heterocycles. The Morgan fingerprint density at radius 3 is 2.19 bits per heavy atom. The van der Waals surface area contributed by atoms with E-state index in [1.165, 1.54) is 0 Å². The number of anilines is 3. The van der Waals surface area contributed by atoms with E-state index in [1.54, 1.807) is 6.20 Å². The van der Waals surface area contributed by atoms with Crippen LogP contribution in [0.15, 0.2) is 60.8 Å². The molecule has 0 bridgehead atoms. The van der Waals surface area contributed by atoms with Crippen LogP contribution in [0, 0.1) is 0 Å². The standard InChI is InChI=1S/C21H26N6/c1-22-19-11-4-8-18(26-19)13-16-25-21-12-5-7-17(27-21)9-6-15-24-20-10-2-3-14-23-20/h2-5,7-8,10-12,14H,6,9,13,15-16H2,1H3,(H,22,26)(H,23,24)(H,25,27). The molecule has 0 aliphatic rings. The number of pyridine rings is 3. The van der Waals surface area contributed by atoms with E-state index in [1.807, 2.05) is 49.5 Å². The van der Waals surface area contributed by atoms with Crippen molar-refractivity contribution in [3.8, 4) is 0 Å². The van der Waals surface area contributed by atoms with E-state index < -0.39 is 0 Å². The largest absolute Gasteiger partial charge is 0.373 e. The summed E-state index contributed by atoms with van der Waals surface area (Å²) in [6.07, 6.45) is 4.59. The third kappa shape index (κ3) is 6.26. The van der Waals surface area contributed by atoms with E-state index >= 15 is 0 Å². The van der Waals surface area contributed by atoms with Crippen molar-refractivity contribution < 1.29 is 0 Å². The minimum atomic E-state index is 0.803. The first-order chi connectivity index (χ1) is 13.3. The fourth-order valence-corrected chi connectivity index (χ4v) is 2.75. The molecule has 0 amide bonds. The summed E-state index contributed by atoms with van der Waals surface area (Å²) in [6.45, 7) is 1.68. The van der Waals surface area contributed by atoms with Gasteiger partial charge in [0.05, 0.1) is 0 Å². The minimum absolute atomic E-state index is 0.803. The Morgan fingerprint density at radius 1 is 0.704 bits per heavy atom. The normalized spacial score (nSPS) is 10.4. The van der Waals surface area contributed by atoms with Gasteiger partial charge in [-0.3, -0.25) is 0 Å². The van der Waals surface area contributed by atoms with Crippen molar-refractivity contribution in [2.24, 2.45) is 0 Å². The lowest BCUT2D eigenvalue weighted by atomic mass is 10.2. The molecule has 0 saturated carbocycles. The van der Waals surface area contributed by atoms with Gasteiger partial charge in [-0.15, -0.1) is 0 Å². The molecule has 0 saturated heterocycles. The smallest absolute Gasteiger partial charge is 0.126 e. The molecular formula is C21H26N6. The van der Waals surface area contributed by atoms with Crippen molar-refractivity contribution in [1.29, 1.82) is 0 Å². The molecule has 3 rings (SSSR count). The van der Waals surface area contributed by atoms with Crippen LogP contribution in [0.5, 0.6) is 0 Å². The van der Waals surface area contributed by atoms with Gasteiger partial charge in [0.1, 0.15) is 17.5 Å². The molecule has 3 N–H and O–H groups in total. The summed E-state index contributed by atoms with van der Waals surface area (Å²) >= 11 is 0. The first kappa shape index (κ1) is 18.6. The molecule has 6 heteroatoms.